The fraction of sp³-hybridized carbons (Fsp3) is 0.529. The third kappa shape index (κ3) is 9.68. The number of unbranched alkanes of at least 4 members (excludes halogenated alkanes) is 1. The summed E-state index contributed by atoms with van der Waals surface area (Å²) in [5, 5.41) is 27.2. The number of phenols is 1. The van der Waals surface area contributed by atoms with E-state index in [0.717, 1.165) is 18.4 Å². The number of aliphatic carboxylic acids is 1. The third-order valence-corrected chi connectivity index (χ3v) is 3.49. The zero-order valence-corrected chi connectivity index (χ0v) is 14.5. The van der Waals surface area contributed by atoms with Gasteiger partial charge < -0.3 is 27.0 Å². The van der Waals surface area contributed by atoms with E-state index in [2.05, 4.69) is 12.2 Å². The summed E-state index contributed by atoms with van der Waals surface area (Å²) < 4.78 is 0. The molecule has 1 rings (SSSR count). The molecule has 1 aromatic rings. The third-order valence-electron chi connectivity index (χ3n) is 3.49. The molecule has 0 bridgehead atoms. The van der Waals surface area contributed by atoms with Gasteiger partial charge in [0.15, 0.2) is 5.96 Å². The number of aromatic hydroxyl groups is 1. The Kier molecular flexibility index (Phi) is 11.0. The Morgan fingerprint density at radius 1 is 1.38 bits per heavy atom. The molecule has 7 nitrogen and oxygen atoms in total. The molecule has 0 spiro atoms. The smallest absolute Gasteiger partial charge is 0.320 e. The monoisotopic (exact) mass is 338 g/mol. The molecule has 0 amide bonds. The Labute approximate surface area is 143 Å². The summed E-state index contributed by atoms with van der Waals surface area (Å²) in [5.74, 6) is -0.667. The number of nitrogens with one attached hydrogen (secondary N) is 2. The van der Waals surface area contributed by atoms with Crippen LogP contribution >= 0.6 is 0 Å². The van der Waals surface area contributed by atoms with Crippen LogP contribution < -0.4 is 16.8 Å². The van der Waals surface area contributed by atoms with Gasteiger partial charge in [0.05, 0.1) is 0 Å². The fourth-order valence-corrected chi connectivity index (χ4v) is 2.03. The maximum absolute atomic E-state index is 10.2. The predicted molar refractivity (Wildman–Crippen MR) is 96.2 cm³/mol. The standard InChI is InChI=1S/C11H16O.C6H14N4O2/c1-3-4-7-10-9(2)6-5-8-11(10)12;7-4(5(11)12)2-1-3-10-6(8)9/h5-6,8,12H,3-4,7H2,1-2H3;4H,1-3,7H2,(H,11,12)(H4,8,9,10). The fourth-order valence-electron chi connectivity index (χ4n) is 2.03. The molecule has 0 aromatic heterocycles. The molecule has 0 aliphatic rings. The molecule has 0 saturated heterocycles. The number of carboxylic acids is 1. The minimum absolute atomic E-state index is 0.112. The molecule has 7 heteroatoms. The van der Waals surface area contributed by atoms with Crippen LogP contribution in [-0.4, -0.2) is 34.7 Å². The maximum atomic E-state index is 10.2. The molecule has 1 aromatic carbocycles. The van der Waals surface area contributed by atoms with Crippen molar-refractivity contribution in [1.29, 1.82) is 5.41 Å². The quantitative estimate of drug-likeness (QED) is 0.242. The van der Waals surface area contributed by atoms with Crippen molar-refractivity contribution in [1.82, 2.24) is 5.32 Å². The van der Waals surface area contributed by atoms with Crippen LogP contribution in [0.1, 0.15) is 43.7 Å². The van der Waals surface area contributed by atoms with Crippen LogP contribution in [0.5, 0.6) is 5.75 Å². The van der Waals surface area contributed by atoms with E-state index in [-0.39, 0.29) is 5.96 Å². The Hall–Kier alpha value is -2.28. The van der Waals surface area contributed by atoms with Gasteiger partial charge in [-0.1, -0.05) is 25.5 Å². The lowest BCUT2D eigenvalue weighted by Gasteiger charge is -2.06. The minimum atomic E-state index is -1.00. The first-order valence-electron chi connectivity index (χ1n) is 8.13. The number of benzene rings is 1. The first-order valence-corrected chi connectivity index (χ1v) is 8.13. The van der Waals surface area contributed by atoms with Crippen molar-refractivity contribution in [3.8, 4) is 5.75 Å². The molecule has 136 valence electrons. The van der Waals surface area contributed by atoms with Crippen molar-refractivity contribution < 1.29 is 15.0 Å². The SMILES string of the molecule is CCCCc1c(C)cccc1O.N=C(N)NCCCC(N)C(=O)O. The molecule has 1 unspecified atom stereocenters. The summed E-state index contributed by atoms with van der Waals surface area (Å²) >= 11 is 0. The second-order valence-electron chi connectivity index (χ2n) is 5.60. The van der Waals surface area contributed by atoms with Crippen molar-refractivity contribution in [2.24, 2.45) is 11.5 Å². The van der Waals surface area contributed by atoms with E-state index in [1.165, 1.54) is 12.0 Å². The van der Waals surface area contributed by atoms with Crippen LogP contribution in [0.15, 0.2) is 18.2 Å². The Morgan fingerprint density at radius 2 is 2.04 bits per heavy atom. The van der Waals surface area contributed by atoms with Gasteiger partial charge in [-0.25, -0.2) is 0 Å². The van der Waals surface area contributed by atoms with Crippen molar-refractivity contribution in [2.45, 2.75) is 52.0 Å². The number of aryl methyl sites for hydroxylation is 1. The second kappa shape index (κ2) is 12.2. The number of guanidine groups is 1. The lowest BCUT2D eigenvalue weighted by molar-refractivity contribution is -0.138. The van der Waals surface area contributed by atoms with Gasteiger partial charge in [0.2, 0.25) is 0 Å². The van der Waals surface area contributed by atoms with Gasteiger partial charge in [0.1, 0.15) is 11.8 Å². The van der Waals surface area contributed by atoms with Gasteiger partial charge >= 0.3 is 5.97 Å². The molecule has 0 fully saturated rings. The molecular formula is C17H30N4O3. The molecule has 8 N–H and O–H groups in total. The van der Waals surface area contributed by atoms with Gasteiger partial charge in [0, 0.05) is 6.54 Å². The topological polar surface area (TPSA) is 145 Å². The Bertz CT molecular complexity index is 500. The zero-order valence-electron chi connectivity index (χ0n) is 14.5. The molecule has 0 heterocycles. The first-order chi connectivity index (χ1) is 11.3. The second-order valence-corrected chi connectivity index (χ2v) is 5.60. The van der Waals surface area contributed by atoms with Crippen molar-refractivity contribution in [2.75, 3.05) is 6.54 Å². The number of phenolic OH excluding ortho intramolecular Hbond substituents is 1. The normalized spacial score (nSPS) is 11.1. The molecular weight excluding hydrogens is 308 g/mol. The van der Waals surface area contributed by atoms with E-state index in [0.29, 0.717) is 25.1 Å². The van der Waals surface area contributed by atoms with Gasteiger partial charge in [-0.2, -0.15) is 0 Å². The Morgan fingerprint density at radius 3 is 2.54 bits per heavy atom. The number of hydrogen-bond donors (Lipinski definition) is 6. The van der Waals surface area contributed by atoms with E-state index in [1.54, 1.807) is 6.07 Å². The zero-order chi connectivity index (χ0) is 18.5. The van der Waals surface area contributed by atoms with Crippen LogP contribution in [-0.2, 0) is 11.2 Å². The van der Waals surface area contributed by atoms with Crippen LogP contribution in [0.2, 0.25) is 0 Å². The molecule has 1 atom stereocenters. The van der Waals surface area contributed by atoms with Gasteiger partial charge in [-0.3, -0.25) is 10.2 Å². The summed E-state index contributed by atoms with van der Waals surface area (Å²) in [6.07, 6.45) is 4.30. The van der Waals surface area contributed by atoms with E-state index in [4.69, 9.17) is 22.0 Å². The van der Waals surface area contributed by atoms with Gasteiger partial charge in [-0.15, -0.1) is 0 Å². The maximum Gasteiger partial charge on any atom is 0.320 e. The molecule has 0 saturated carbocycles. The highest BCUT2D eigenvalue weighted by molar-refractivity contribution is 5.74. The van der Waals surface area contributed by atoms with Crippen molar-refractivity contribution in [3.63, 3.8) is 0 Å². The summed E-state index contributed by atoms with van der Waals surface area (Å²) in [5.41, 5.74) is 12.5. The van der Waals surface area contributed by atoms with E-state index < -0.39 is 12.0 Å². The highest BCUT2D eigenvalue weighted by atomic mass is 16.4. The van der Waals surface area contributed by atoms with Gasteiger partial charge in [-0.05, 0) is 49.8 Å². The lowest BCUT2D eigenvalue weighted by Crippen LogP contribution is -2.34. The number of hydrogen-bond acceptors (Lipinski definition) is 4. The van der Waals surface area contributed by atoms with Crippen molar-refractivity contribution >= 4 is 11.9 Å². The largest absolute Gasteiger partial charge is 0.508 e. The molecule has 0 aliphatic carbocycles. The number of rotatable bonds is 8. The van der Waals surface area contributed by atoms with E-state index in [1.807, 2.05) is 19.1 Å². The van der Waals surface area contributed by atoms with Crippen LogP contribution in [0.25, 0.3) is 0 Å². The van der Waals surface area contributed by atoms with Crippen LogP contribution in [0.4, 0.5) is 0 Å². The lowest BCUT2D eigenvalue weighted by atomic mass is 10.0. The molecule has 0 aliphatic heterocycles. The van der Waals surface area contributed by atoms with E-state index in [9.17, 15) is 9.90 Å². The predicted octanol–water partition coefficient (Wildman–Crippen LogP) is 1.70. The first kappa shape index (κ1) is 21.7. The number of carboxylic acid groups (broad SMARTS) is 1. The summed E-state index contributed by atoms with van der Waals surface area (Å²) in [4.78, 5) is 10.2. The van der Waals surface area contributed by atoms with Crippen molar-refractivity contribution in [3.05, 3.63) is 29.3 Å². The average Bonchev–Trinajstić information content (AvgIpc) is 2.51. The molecule has 24 heavy (non-hydrogen) atoms. The summed E-state index contributed by atoms with van der Waals surface area (Å²) in [7, 11) is 0. The molecule has 0 radical (unpaired) electrons. The average molecular weight is 338 g/mol. The Balaban J connectivity index is 0.000000441. The van der Waals surface area contributed by atoms with E-state index >= 15 is 0 Å². The number of nitrogens with two attached hydrogens (primary N) is 2. The van der Waals surface area contributed by atoms with Gasteiger partial charge in [0.25, 0.3) is 0 Å². The van der Waals surface area contributed by atoms with Crippen LogP contribution in [0.3, 0.4) is 0 Å². The minimum Gasteiger partial charge on any atom is -0.508 e. The number of carbonyl (C=O) groups is 1. The summed E-state index contributed by atoms with van der Waals surface area (Å²) in [6, 6.07) is 4.88. The van der Waals surface area contributed by atoms with Crippen LogP contribution in [0, 0.1) is 12.3 Å². The highest BCUT2D eigenvalue weighted by Crippen LogP contribution is 2.22. The highest BCUT2D eigenvalue weighted by Gasteiger charge is 2.09. The summed E-state index contributed by atoms with van der Waals surface area (Å²) in [6.45, 7) is 4.69.